The Morgan fingerprint density at radius 3 is 2.18 bits per heavy atom. The molecule has 0 amide bonds. The van der Waals surface area contributed by atoms with Crippen LogP contribution in [0.25, 0.3) is 0 Å². The summed E-state index contributed by atoms with van der Waals surface area (Å²) in [5, 5.41) is 9.92. The number of phenols is 1. The molecule has 0 aliphatic carbocycles. The molecule has 6 nitrogen and oxygen atoms in total. The zero-order chi connectivity index (χ0) is 12.6. The van der Waals surface area contributed by atoms with Gasteiger partial charge < -0.3 is 24.1 Å². The zero-order valence-electron chi connectivity index (χ0n) is 9.70. The van der Waals surface area contributed by atoms with Crippen molar-refractivity contribution in [3.05, 3.63) is 5.56 Å². The minimum atomic E-state index is -0.270. The quantitative estimate of drug-likeness (QED) is 0.849. The number of carbonyl (C=O) groups excluding carboxylic acids is 1. The van der Waals surface area contributed by atoms with Gasteiger partial charge in [-0.25, -0.2) is 0 Å². The lowest BCUT2D eigenvalue weighted by molar-refractivity contribution is 0.0958. The largest absolute Gasteiger partial charge is 0.502 e. The van der Waals surface area contributed by atoms with Gasteiger partial charge in [0.25, 0.3) is 0 Å². The maximum atomic E-state index is 11.7. The molecule has 92 valence electrons. The van der Waals surface area contributed by atoms with Crippen LogP contribution in [0.2, 0.25) is 0 Å². The number of hydrogen-bond donors (Lipinski definition) is 1. The van der Waals surface area contributed by atoms with Crippen LogP contribution in [0, 0.1) is 0 Å². The number of ketones is 1. The topological polar surface area (TPSA) is 74.2 Å². The summed E-state index contributed by atoms with van der Waals surface area (Å²) in [6, 6.07) is 0. The minimum absolute atomic E-state index is 0.0736. The molecule has 1 aliphatic heterocycles. The Hall–Kier alpha value is -2.11. The molecule has 0 saturated heterocycles. The summed E-state index contributed by atoms with van der Waals surface area (Å²) in [5.74, 6) is 0.00570. The molecule has 6 heteroatoms. The second kappa shape index (κ2) is 4.04. The summed E-state index contributed by atoms with van der Waals surface area (Å²) in [7, 11) is 4.17. The highest BCUT2D eigenvalue weighted by Gasteiger charge is 2.35. The number of aromatic hydroxyl groups is 1. The predicted molar refractivity (Wildman–Crippen MR) is 57.6 cm³/mol. The number of benzene rings is 1. The first-order valence-electron chi connectivity index (χ1n) is 4.86. The lowest BCUT2D eigenvalue weighted by Gasteiger charge is -2.15. The number of phenolic OH excluding ortho intramolecular Hbond substituents is 1. The van der Waals surface area contributed by atoms with Crippen molar-refractivity contribution in [1.29, 1.82) is 0 Å². The molecule has 1 heterocycles. The molecule has 0 atom stereocenters. The Morgan fingerprint density at radius 2 is 1.65 bits per heavy atom. The molecular formula is C11H12O6. The third-order valence-corrected chi connectivity index (χ3v) is 2.54. The third-order valence-electron chi connectivity index (χ3n) is 2.54. The average Bonchev–Trinajstić information content (AvgIpc) is 2.71. The minimum Gasteiger partial charge on any atom is -0.502 e. The first-order chi connectivity index (χ1) is 8.15. The Morgan fingerprint density at radius 1 is 1.06 bits per heavy atom. The van der Waals surface area contributed by atoms with E-state index in [9.17, 15) is 9.90 Å². The van der Waals surface area contributed by atoms with Gasteiger partial charge in [-0.3, -0.25) is 4.79 Å². The molecular weight excluding hydrogens is 228 g/mol. The van der Waals surface area contributed by atoms with Crippen LogP contribution in [-0.2, 0) is 0 Å². The van der Waals surface area contributed by atoms with E-state index in [1.54, 1.807) is 0 Å². The number of carbonyl (C=O) groups is 1. The van der Waals surface area contributed by atoms with E-state index in [4.69, 9.17) is 18.9 Å². The van der Waals surface area contributed by atoms with E-state index in [0.717, 1.165) is 0 Å². The summed E-state index contributed by atoms with van der Waals surface area (Å²) in [6.45, 7) is -0.129. The monoisotopic (exact) mass is 240 g/mol. The molecule has 0 saturated carbocycles. The molecule has 1 N–H and O–H groups in total. The molecule has 0 fully saturated rings. The number of ether oxygens (including phenoxy) is 4. The number of Topliss-reactive ketones (excluding diaryl/α,β-unsaturated/α-hetero) is 1. The van der Waals surface area contributed by atoms with Crippen LogP contribution in [0.4, 0.5) is 0 Å². The molecule has 0 aromatic heterocycles. The van der Waals surface area contributed by atoms with Gasteiger partial charge in [0.1, 0.15) is 5.56 Å². The highest BCUT2D eigenvalue weighted by Crippen LogP contribution is 2.54. The molecule has 1 aliphatic rings. The van der Waals surface area contributed by atoms with Crippen LogP contribution in [0.5, 0.6) is 28.7 Å². The van der Waals surface area contributed by atoms with Crippen molar-refractivity contribution in [3.63, 3.8) is 0 Å². The van der Waals surface area contributed by atoms with Crippen molar-refractivity contribution < 1.29 is 28.8 Å². The number of fused-ring (bicyclic) bond motifs is 1. The maximum Gasteiger partial charge on any atom is 0.211 e. The van der Waals surface area contributed by atoms with Gasteiger partial charge in [-0.05, 0) is 0 Å². The van der Waals surface area contributed by atoms with Crippen molar-refractivity contribution in [2.45, 2.75) is 0 Å². The fourth-order valence-electron chi connectivity index (χ4n) is 1.82. The summed E-state index contributed by atoms with van der Waals surface area (Å²) < 4.78 is 20.4. The van der Waals surface area contributed by atoms with Crippen LogP contribution >= 0.6 is 0 Å². The van der Waals surface area contributed by atoms with Crippen LogP contribution in [0.3, 0.4) is 0 Å². The van der Waals surface area contributed by atoms with E-state index in [-0.39, 0.29) is 46.7 Å². The van der Waals surface area contributed by atoms with E-state index in [1.807, 2.05) is 0 Å². The fourth-order valence-corrected chi connectivity index (χ4v) is 1.82. The lowest BCUT2D eigenvalue weighted by atomic mass is 10.1. The Labute approximate surface area is 97.7 Å². The SMILES string of the molecule is COc1c(O)c2c(c(OC)c1OC)C(=O)CO2. The molecule has 0 radical (unpaired) electrons. The smallest absolute Gasteiger partial charge is 0.211 e. The Balaban J connectivity index is 2.81. The van der Waals surface area contributed by atoms with Gasteiger partial charge in [-0.15, -0.1) is 0 Å². The van der Waals surface area contributed by atoms with Crippen molar-refractivity contribution in [3.8, 4) is 28.7 Å². The van der Waals surface area contributed by atoms with Crippen LogP contribution in [-0.4, -0.2) is 38.8 Å². The summed E-state index contributed by atoms with van der Waals surface area (Å²) in [4.78, 5) is 11.7. The van der Waals surface area contributed by atoms with E-state index in [2.05, 4.69) is 0 Å². The van der Waals surface area contributed by atoms with E-state index in [1.165, 1.54) is 21.3 Å². The molecule has 0 spiro atoms. The molecule has 0 unspecified atom stereocenters. The predicted octanol–water partition coefficient (Wildman–Crippen LogP) is 0.993. The highest BCUT2D eigenvalue weighted by atomic mass is 16.5. The number of methoxy groups -OCH3 is 3. The maximum absolute atomic E-state index is 11.7. The second-order valence-electron chi connectivity index (χ2n) is 3.36. The number of hydrogen-bond acceptors (Lipinski definition) is 6. The van der Waals surface area contributed by atoms with Crippen LogP contribution in [0.15, 0.2) is 0 Å². The van der Waals surface area contributed by atoms with Crippen LogP contribution < -0.4 is 18.9 Å². The first-order valence-corrected chi connectivity index (χ1v) is 4.86. The van der Waals surface area contributed by atoms with Gasteiger partial charge in [0, 0.05) is 0 Å². The molecule has 0 bridgehead atoms. The van der Waals surface area contributed by atoms with Gasteiger partial charge in [-0.1, -0.05) is 0 Å². The van der Waals surface area contributed by atoms with E-state index in [0.29, 0.717) is 0 Å². The van der Waals surface area contributed by atoms with Crippen molar-refractivity contribution in [2.24, 2.45) is 0 Å². The Bertz CT molecular complexity index is 480. The zero-order valence-corrected chi connectivity index (χ0v) is 9.70. The molecule has 1 aromatic carbocycles. The normalized spacial score (nSPS) is 13.0. The summed E-state index contributed by atoms with van der Waals surface area (Å²) in [6.07, 6.45) is 0. The molecule has 17 heavy (non-hydrogen) atoms. The molecule has 1 aromatic rings. The fraction of sp³-hybridized carbons (Fsp3) is 0.364. The van der Waals surface area contributed by atoms with Crippen molar-refractivity contribution in [1.82, 2.24) is 0 Å². The van der Waals surface area contributed by atoms with E-state index >= 15 is 0 Å². The Kier molecular flexibility index (Phi) is 2.71. The number of rotatable bonds is 3. The van der Waals surface area contributed by atoms with Crippen molar-refractivity contribution >= 4 is 5.78 Å². The first kappa shape index (κ1) is 11.4. The van der Waals surface area contributed by atoms with Gasteiger partial charge in [0.2, 0.25) is 23.0 Å². The standard InChI is InChI=1S/C11H12O6/c1-14-9-6-5(12)4-17-8(6)7(13)10(15-2)11(9)16-3/h13H,4H2,1-3H3. The molecule has 2 rings (SSSR count). The van der Waals surface area contributed by atoms with Crippen molar-refractivity contribution in [2.75, 3.05) is 27.9 Å². The summed E-state index contributed by atoms with van der Waals surface area (Å²) in [5.41, 5.74) is 0.183. The van der Waals surface area contributed by atoms with E-state index < -0.39 is 0 Å². The van der Waals surface area contributed by atoms with Gasteiger partial charge >= 0.3 is 0 Å². The van der Waals surface area contributed by atoms with Gasteiger partial charge in [-0.2, -0.15) is 0 Å². The second-order valence-corrected chi connectivity index (χ2v) is 3.36. The summed E-state index contributed by atoms with van der Waals surface area (Å²) >= 11 is 0. The van der Waals surface area contributed by atoms with Gasteiger partial charge in [0.05, 0.1) is 21.3 Å². The van der Waals surface area contributed by atoms with Gasteiger partial charge in [0.15, 0.2) is 18.1 Å². The van der Waals surface area contributed by atoms with Crippen LogP contribution in [0.1, 0.15) is 10.4 Å². The average molecular weight is 240 g/mol. The third kappa shape index (κ3) is 1.44. The highest BCUT2D eigenvalue weighted by molar-refractivity contribution is 6.07. The lowest BCUT2D eigenvalue weighted by Crippen LogP contribution is -2.03.